The Morgan fingerprint density at radius 1 is 1.27 bits per heavy atom. The van der Waals surface area contributed by atoms with E-state index in [1.165, 1.54) is 0 Å². The van der Waals surface area contributed by atoms with Crippen molar-refractivity contribution in [2.75, 3.05) is 26.2 Å². The highest BCUT2D eigenvalue weighted by Gasteiger charge is 2.33. The smallest absolute Gasteiger partial charge is 0.222 e. The predicted molar refractivity (Wildman–Crippen MR) is 80.4 cm³/mol. The second-order valence-electron chi connectivity index (χ2n) is 6.14. The lowest BCUT2D eigenvalue weighted by atomic mass is 9.89. The van der Waals surface area contributed by atoms with Gasteiger partial charge in [-0.2, -0.15) is 10.5 Å². The minimum atomic E-state index is 0.192. The quantitative estimate of drug-likeness (QED) is 0.795. The molecule has 0 N–H and O–H groups in total. The van der Waals surface area contributed by atoms with Gasteiger partial charge in [-0.15, -0.1) is 0 Å². The summed E-state index contributed by atoms with van der Waals surface area (Å²) in [5, 5.41) is 17.8. The number of hydrogen-bond acceptors (Lipinski definition) is 4. The van der Waals surface area contributed by atoms with Gasteiger partial charge in [0, 0.05) is 38.5 Å². The van der Waals surface area contributed by atoms with Crippen LogP contribution in [0.3, 0.4) is 0 Å². The number of rotatable bonds is 3. The van der Waals surface area contributed by atoms with Gasteiger partial charge in [0.25, 0.3) is 0 Å². The first-order valence-corrected chi connectivity index (χ1v) is 7.62. The van der Waals surface area contributed by atoms with Crippen molar-refractivity contribution in [1.29, 1.82) is 10.5 Å². The summed E-state index contributed by atoms with van der Waals surface area (Å²) in [6, 6.07) is 9.78. The third kappa shape index (κ3) is 2.89. The highest BCUT2D eigenvalue weighted by atomic mass is 16.2. The van der Waals surface area contributed by atoms with Crippen molar-refractivity contribution in [2.45, 2.75) is 18.8 Å². The molecule has 1 atom stereocenters. The van der Waals surface area contributed by atoms with E-state index < -0.39 is 0 Å². The fraction of sp³-hybridized carbons (Fsp3) is 0.471. The highest BCUT2D eigenvalue weighted by Crippen LogP contribution is 2.29. The number of amides is 1. The molecule has 1 aromatic carbocycles. The molecule has 1 amide bonds. The molecule has 2 heterocycles. The average Bonchev–Trinajstić information content (AvgIpc) is 2.93. The van der Waals surface area contributed by atoms with Crippen molar-refractivity contribution in [1.82, 2.24) is 9.80 Å². The fourth-order valence-corrected chi connectivity index (χ4v) is 3.22. The number of carbonyl (C=O) groups is 1. The normalized spacial score (nSPS) is 21.1. The van der Waals surface area contributed by atoms with Gasteiger partial charge in [0.1, 0.15) is 0 Å². The Hall–Kier alpha value is -2.53. The zero-order chi connectivity index (χ0) is 15.5. The molecule has 0 aromatic heterocycles. The fourth-order valence-electron chi connectivity index (χ4n) is 3.22. The molecule has 0 spiro atoms. The van der Waals surface area contributed by atoms with Crippen molar-refractivity contribution in [3.63, 3.8) is 0 Å². The topological polar surface area (TPSA) is 71.1 Å². The van der Waals surface area contributed by atoms with E-state index in [1.54, 1.807) is 11.0 Å². The average molecular weight is 294 g/mol. The maximum atomic E-state index is 12.2. The van der Waals surface area contributed by atoms with Gasteiger partial charge in [0.2, 0.25) is 5.91 Å². The zero-order valence-corrected chi connectivity index (χ0v) is 12.4. The Morgan fingerprint density at radius 3 is 2.77 bits per heavy atom. The number of hydrogen-bond donors (Lipinski definition) is 0. The first-order chi connectivity index (χ1) is 10.7. The van der Waals surface area contributed by atoms with Crippen LogP contribution >= 0.6 is 0 Å². The molecule has 112 valence electrons. The molecule has 2 saturated heterocycles. The van der Waals surface area contributed by atoms with Crippen LogP contribution in [-0.2, 0) is 4.79 Å². The lowest BCUT2D eigenvalue weighted by Gasteiger charge is -2.40. The van der Waals surface area contributed by atoms with Crippen LogP contribution in [0.25, 0.3) is 0 Å². The van der Waals surface area contributed by atoms with Crippen molar-refractivity contribution >= 4 is 5.91 Å². The van der Waals surface area contributed by atoms with Crippen LogP contribution in [0.2, 0.25) is 0 Å². The summed E-state index contributed by atoms with van der Waals surface area (Å²) in [7, 11) is 0. The van der Waals surface area contributed by atoms with E-state index >= 15 is 0 Å². The molecule has 3 rings (SSSR count). The van der Waals surface area contributed by atoms with Crippen LogP contribution in [0, 0.1) is 28.7 Å². The summed E-state index contributed by atoms with van der Waals surface area (Å²) in [5.41, 5.74) is 1.81. The van der Waals surface area contributed by atoms with Gasteiger partial charge in [-0.3, -0.25) is 4.79 Å². The summed E-state index contributed by atoms with van der Waals surface area (Å²) < 4.78 is 0. The lowest BCUT2D eigenvalue weighted by molar-refractivity contribution is -0.136. The highest BCUT2D eigenvalue weighted by molar-refractivity contribution is 5.77. The summed E-state index contributed by atoms with van der Waals surface area (Å²) in [4.78, 5) is 15.9. The first-order valence-electron chi connectivity index (χ1n) is 7.62. The third-order valence-corrected chi connectivity index (χ3v) is 4.61. The summed E-state index contributed by atoms with van der Waals surface area (Å²) in [5.74, 6) is 0.849. The summed E-state index contributed by atoms with van der Waals surface area (Å²) in [6.45, 7) is 2.96. The molecule has 0 bridgehead atoms. The van der Waals surface area contributed by atoms with E-state index in [0.29, 0.717) is 30.4 Å². The van der Waals surface area contributed by atoms with E-state index in [2.05, 4.69) is 12.3 Å². The van der Waals surface area contributed by atoms with E-state index in [1.807, 2.05) is 23.1 Å². The molecule has 22 heavy (non-hydrogen) atoms. The zero-order valence-electron chi connectivity index (χ0n) is 12.4. The summed E-state index contributed by atoms with van der Waals surface area (Å²) in [6.07, 6.45) is 3.62. The molecule has 0 radical (unpaired) electrons. The standard InChI is InChI=1S/C17H18N4O/c18-8-13-2-1-3-15(6-13)16-10-21(11-16)17(22)7-14-4-5-20(9-14)12-19/h1-3,6,14,16H,4-5,7,9-11H2/t14-/m1/s1. The molecule has 0 unspecified atom stereocenters. The Labute approximate surface area is 130 Å². The molecular formula is C17H18N4O. The maximum Gasteiger partial charge on any atom is 0.222 e. The minimum Gasteiger partial charge on any atom is -0.341 e. The maximum absolute atomic E-state index is 12.2. The Kier molecular flexibility index (Phi) is 3.98. The molecular weight excluding hydrogens is 276 g/mol. The number of likely N-dealkylation sites (tertiary alicyclic amines) is 2. The second kappa shape index (κ2) is 6.07. The van der Waals surface area contributed by atoms with Gasteiger partial charge in [-0.25, -0.2) is 0 Å². The van der Waals surface area contributed by atoms with Gasteiger partial charge < -0.3 is 9.80 Å². The lowest BCUT2D eigenvalue weighted by Crippen LogP contribution is -2.49. The van der Waals surface area contributed by atoms with Crippen molar-refractivity contribution in [2.24, 2.45) is 5.92 Å². The Balaban J connectivity index is 1.50. The van der Waals surface area contributed by atoms with Gasteiger partial charge in [-0.05, 0) is 30.0 Å². The molecule has 5 heteroatoms. The third-order valence-electron chi connectivity index (χ3n) is 4.61. The Bertz CT molecular complexity index is 651. The van der Waals surface area contributed by atoms with E-state index in [0.717, 1.165) is 31.6 Å². The molecule has 0 saturated carbocycles. The second-order valence-corrected chi connectivity index (χ2v) is 6.14. The molecule has 2 aliphatic rings. The van der Waals surface area contributed by atoms with Crippen LogP contribution in [0.1, 0.15) is 29.9 Å². The van der Waals surface area contributed by atoms with Crippen LogP contribution in [0.4, 0.5) is 0 Å². The van der Waals surface area contributed by atoms with E-state index in [4.69, 9.17) is 10.5 Å². The van der Waals surface area contributed by atoms with Gasteiger partial charge >= 0.3 is 0 Å². The molecule has 2 fully saturated rings. The van der Waals surface area contributed by atoms with Gasteiger partial charge in [0.05, 0.1) is 11.6 Å². The van der Waals surface area contributed by atoms with E-state index in [-0.39, 0.29) is 5.91 Å². The van der Waals surface area contributed by atoms with Gasteiger partial charge in [0.15, 0.2) is 6.19 Å². The molecule has 5 nitrogen and oxygen atoms in total. The van der Waals surface area contributed by atoms with Crippen LogP contribution in [-0.4, -0.2) is 41.9 Å². The van der Waals surface area contributed by atoms with Crippen molar-refractivity contribution in [3.8, 4) is 12.3 Å². The number of nitriles is 2. The van der Waals surface area contributed by atoms with Crippen molar-refractivity contribution < 1.29 is 4.79 Å². The SMILES string of the molecule is N#Cc1cccc(C2CN(C(=O)C[C@H]3CCN(C#N)C3)C2)c1. The first kappa shape index (κ1) is 14.4. The molecule has 0 aliphatic carbocycles. The summed E-state index contributed by atoms with van der Waals surface area (Å²) >= 11 is 0. The van der Waals surface area contributed by atoms with Crippen molar-refractivity contribution in [3.05, 3.63) is 35.4 Å². The Morgan fingerprint density at radius 2 is 2.09 bits per heavy atom. The molecule has 1 aromatic rings. The number of benzene rings is 1. The minimum absolute atomic E-state index is 0.192. The number of carbonyl (C=O) groups excluding carboxylic acids is 1. The number of nitrogens with zero attached hydrogens (tertiary/aromatic N) is 4. The monoisotopic (exact) mass is 294 g/mol. The van der Waals surface area contributed by atoms with Crippen LogP contribution in [0.15, 0.2) is 24.3 Å². The van der Waals surface area contributed by atoms with Crippen LogP contribution in [0.5, 0.6) is 0 Å². The predicted octanol–water partition coefficient (Wildman–Crippen LogP) is 1.68. The largest absolute Gasteiger partial charge is 0.341 e. The van der Waals surface area contributed by atoms with Gasteiger partial charge in [-0.1, -0.05) is 12.1 Å². The molecule has 2 aliphatic heterocycles. The van der Waals surface area contributed by atoms with E-state index in [9.17, 15) is 4.79 Å². The van der Waals surface area contributed by atoms with Crippen LogP contribution < -0.4 is 0 Å².